The van der Waals surface area contributed by atoms with E-state index in [1.165, 1.54) is 18.4 Å². The third-order valence-corrected chi connectivity index (χ3v) is 4.30. The molecule has 1 saturated heterocycles. The van der Waals surface area contributed by atoms with Gasteiger partial charge in [-0.15, -0.1) is 12.4 Å². The molecule has 1 aromatic rings. The first-order valence-electron chi connectivity index (χ1n) is 7.00. The average Bonchev–Trinajstić information content (AvgIpc) is 3.10. The lowest BCUT2D eigenvalue weighted by atomic mass is 10.0. The predicted octanol–water partition coefficient (Wildman–Crippen LogP) is 2.94. The molecule has 1 aromatic carbocycles. The predicted molar refractivity (Wildman–Crippen MR) is 83.3 cm³/mol. The maximum Gasteiger partial charge on any atom is 0.224 e. The van der Waals surface area contributed by atoms with Crippen LogP contribution in [-0.2, 0) is 4.79 Å². The summed E-state index contributed by atoms with van der Waals surface area (Å²) in [5, 5.41) is 7.22. The van der Waals surface area contributed by atoms with Crippen molar-refractivity contribution < 1.29 is 4.79 Å². The van der Waals surface area contributed by atoms with Crippen molar-refractivity contribution in [2.75, 3.05) is 13.1 Å². The van der Waals surface area contributed by atoms with Crippen molar-refractivity contribution in [1.82, 2.24) is 10.6 Å². The van der Waals surface area contributed by atoms with E-state index in [4.69, 9.17) is 11.6 Å². The maximum atomic E-state index is 12.3. The van der Waals surface area contributed by atoms with Gasteiger partial charge < -0.3 is 10.6 Å². The first kappa shape index (κ1) is 15.6. The molecule has 0 bridgehead atoms. The third-order valence-electron chi connectivity index (χ3n) is 4.05. The molecule has 3 rings (SSSR count). The summed E-state index contributed by atoms with van der Waals surface area (Å²) in [6, 6.07) is 8.01. The van der Waals surface area contributed by atoms with Crippen LogP contribution in [-0.4, -0.2) is 19.0 Å². The molecule has 0 aromatic heterocycles. The second-order valence-electron chi connectivity index (χ2n) is 5.56. The van der Waals surface area contributed by atoms with Crippen molar-refractivity contribution in [3.63, 3.8) is 0 Å². The highest BCUT2D eigenvalue weighted by Crippen LogP contribution is 2.41. The zero-order valence-electron chi connectivity index (χ0n) is 11.3. The van der Waals surface area contributed by atoms with Gasteiger partial charge in [0.15, 0.2) is 0 Å². The van der Waals surface area contributed by atoms with Crippen LogP contribution in [0.25, 0.3) is 0 Å². The number of carbonyl (C=O) groups is 1. The number of benzene rings is 1. The van der Waals surface area contributed by atoms with Gasteiger partial charge in [-0.2, -0.15) is 0 Å². The molecular weight excluding hydrogens is 295 g/mol. The van der Waals surface area contributed by atoms with Gasteiger partial charge in [0.1, 0.15) is 0 Å². The fraction of sp³-hybridized carbons (Fsp3) is 0.533. The van der Waals surface area contributed by atoms with E-state index < -0.39 is 0 Å². The first-order valence-corrected chi connectivity index (χ1v) is 7.38. The molecule has 2 fully saturated rings. The second kappa shape index (κ2) is 6.79. The molecule has 3 nitrogen and oxygen atoms in total. The van der Waals surface area contributed by atoms with Crippen molar-refractivity contribution in [3.8, 4) is 0 Å². The SMILES string of the molecule is Cl.O=C(NC(c1ccc(Cl)cc1)C1CC1)C1CCNC1. The van der Waals surface area contributed by atoms with E-state index >= 15 is 0 Å². The molecule has 0 radical (unpaired) electrons. The van der Waals surface area contributed by atoms with Gasteiger partial charge in [0.05, 0.1) is 12.0 Å². The van der Waals surface area contributed by atoms with Crippen LogP contribution in [0.2, 0.25) is 5.02 Å². The monoisotopic (exact) mass is 314 g/mol. The largest absolute Gasteiger partial charge is 0.349 e. The van der Waals surface area contributed by atoms with Gasteiger partial charge in [-0.3, -0.25) is 4.79 Å². The minimum atomic E-state index is 0. The molecule has 0 spiro atoms. The molecule has 2 N–H and O–H groups in total. The number of nitrogens with one attached hydrogen (secondary N) is 2. The second-order valence-corrected chi connectivity index (χ2v) is 6.00. The molecule has 1 aliphatic carbocycles. The summed E-state index contributed by atoms with van der Waals surface area (Å²) < 4.78 is 0. The molecule has 1 heterocycles. The fourth-order valence-electron chi connectivity index (χ4n) is 2.72. The van der Waals surface area contributed by atoms with Crippen LogP contribution in [0.15, 0.2) is 24.3 Å². The highest BCUT2D eigenvalue weighted by molar-refractivity contribution is 6.30. The van der Waals surface area contributed by atoms with E-state index in [-0.39, 0.29) is 30.3 Å². The fourth-order valence-corrected chi connectivity index (χ4v) is 2.85. The summed E-state index contributed by atoms with van der Waals surface area (Å²) in [4.78, 5) is 12.3. The summed E-state index contributed by atoms with van der Waals surface area (Å²) in [5.74, 6) is 0.921. The van der Waals surface area contributed by atoms with Crippen LogP contribution in [0.4, 0.5) is 0 Å². The summed E-state index contributed by atoms with van der Waals surface area (Å²) in [6.45, 7) is 1.76. The Morgan fingerprint density at radius 1 is 1.25 bits per heavy atom. The Hall–Kier alpha value is -0.770. The van der Waals surface area contributed by atoms with Gasteiger partial charge in [-0.05, 0) is 49.4 Å². The quantitative estimate of drug-likeness (QED) is 0.897. The van der Waals surface area contributed by atoms with E-state index in [9.17, 15) is 4.79 Å². The Morgan fingerprint density at radius 2 is 1.95 bits per heavy atom. The van der Waals surface area contributed by atoms with Crippen molar-refractivity contribution in [1.29, 1.82) is 0 Å². The van der Waals surface area contributed by atoms with Crippen LogP contribution < -0.4 is 10.6 Å². The van der Waals surface area contributed by atoms with Crippen LogP contribution in [0.3, 0.4) is 0 Å². The molecule has 5 heteroatoms. The highest BCUT2D eigenvalue weighted by atomic mass is 35.5. The molecule has 110 valence electrons. The van der Waals surface area contributed by atoms with E-state index in [0.29, 0.717) is 5.92 Å². The summed E-state index contributed by atoms with van der Waals surface area (Å²) in [7, 11) is 0. The lowest BCUT2D eigenvalue weighted by molar-refractivity contribution is -0.125. The summed E-state index contributed by atoms with van der Waals surface area (Å²) in [6.07, 6.45) is 3.36. The van der Waals surface area contributed by atoms with E-state index in [1.807, 2.05) is 24.3 Å². The van der Waals surface area contributed by atoms with Crippen LogP contribution in [0.1, 0.15) is 30.9 Å². The minimum absolute atomic E-state index is 0. The van der Waals surface area contributed by atoms with Gasteiger partial charge in [-0.25, -0.2) is 0 Å². The number of halogens is 2. The minimum Gasteiger partial charge on any atom is -0.349 e. The number of hydrogen-bond acceptors (Lipinski definition) is 2. The highest BCUT2D eigenvalue weighted by Gasteiger charge is 2.35. The van der Waals surface area contributed by atoms with E-state index in [0.717, 1.165) is 24.5 Å². The van der Waals surface area contributed by atoms with Crippen molar-refractivity contribution in [2.24, 2.45) is 11.8 Å². The van der Waals surface area contributed by atoms with Gasteiger partial charge in [-0.1, -0.05) is 23.7 Å². The van der Waals surface area contributed by atoms with Gasteiger partial charge in [0.2, 0.25) is 5.91 Å². The summed E-state index contributed by atoms with van der Waals surface area (Å²) in [5.41, 5.74) is 1.17. The molecule has 2 atom stereocenters. The molecule has 1 saturated carbocycles. The van der Waals surface area contributed by atoms with Crippen molar-refractivity contribution >= 4 is 29.9 Å². The number of carbonyl (C=O) groups excluding carboxylic acids is 1. The van der Waals surface area contributed by atoms with Crippen molar-refractivity contribution in [2.45, 2.75) is 25.3 Å². The molecular formula is C15H20Cl2N2O. The van der Waals surface area contributed by atoms with Crippen LogP contribution in [0.5, 0.6) is 0 Å². The van der Waals surface area contributed by atoms with Crippen LogP contribution in [0, 0.1) is 11.8 Å². The maximum absolute atomic E-state index is 12.3. The number of hydrogen-bond donors (Lipinski definition) is 2. The topological polar surface area (TPSA) is 41.1 Å². The lowest BCUT2D eigenvalue weighted by Gasteiger charge is -2.21. The van der Waals surface area contributed by atoms with Crippen molar-refractivity contribution in [3.05, 3.63) is 34.9 Å². The van der Waals surface area contributed by atoms with Gasteiger partial charge in [0, 0.05) is 11.6 Å². The normalized spacial score (nSPS) is 22.9. The van der Waals surface area contributed by atoms with Gasteiger partial charge >= 0.3 is 0 Å². The summed E-state index contributed by atoms with van der Waals surface area (Å²) >= 11 is 5.93. The van der Waals surface area contributed by atoms with E-state index in [1.54, 1.807) is 0 Å². The number of amides is 1. The Bertz CT molecular complexity index is 453. The zero-order chi connectivity index (χ0) is 13.2. The standard InChI is InChI=1S/C15H19ClN2O.ClH/c16-13-5-3-11(4-6-13)14(10-1-2-10)18-15(19)12-7-8-17-9-12;/h3-6,10,12,14,17H,1-2,7-9H2,(H,18,19);1H. The Labute approximate surface area is 130 Å². The number of rotatable bonds is 4. The molecule has 2 aliphatic rings. The average molecular weight is 315 g/mol. The van der Waals surface area contributed by atoms with E-state index in [2.05, 4.69) is 10.6 Å². The molecule has 2 unspecified atom stereocenters. The third kappa shape index (κ3) is 3.66. The molecule has 20 heavy (non-hydrogen) atoms. The Kier molecular flexibility index (Phi) is 5.30. The first-order chi connectivity index (χ1) is 9.24. The Balaban J connectivity index is 0.00000147. The Morgan fingerprint density at radius 3 is 2.50 bits per heavy atom. The van der Waals surface area contributed by atoms with Gasteiger partial charge in [0.25, 0.3) is 0 Å². The molecule has 1 amide bonds. The zero-order valence-corrected chi connectivity index (χ0v) is 12.8. The molecule has 1 aliphatic heterocycles. The lowest BCUT2D eigenvalue weighted by Crippen LogP contribution is -2.35. The smallest absolute Gasteiger partial charge is 0.224 e. The van der Waals surface area contributed by atoms with Crippen LogP contribution >= 0.6 is 24.0 Å².